The predicted octanol–water partition coefficient (Wildman–Crippen LogP) is 3.14. The summed E-state index contributed by atoms with van der Waals surface area (Å²) in [6.45, 7) is 1.27. The fraction of sp³-hybridized carbons (Fsp3) is 0.214. The van der Waals surface area contributed by atoms with Crippen LogP contribution >= 0.6 is 15.9 Å². The van der Waals surface area contributed by atoms with E-state index in [1.807, 2.05) is 43.4 Å². The van der Waals surface area contributed by atoms with Gasteiger partial charge in [0.25, 0.3) is 0 Å². The molecule has 0 saturated carbocycles. The standard InChI is InChI=1S/C14H15BrN2O/c1-16-8-12-7-13(15)9-17-14(12)18-10-11-5-3-2-4-6-11/h2-7,9,16H,8,10H2,1H3. The molecule has 0 bridgehead atoms. The van der Waals surface area contributed by atoms with Gasteiger partial charge in [-0.2, -0.15) is 0 Å². The van der Waals surface area contributed by atoms with Crippen LogP contribution < -0.4 is 10.1 Å². The molecule has 0 aliphatic carbocycles. The molecule has 0 saturated heterocycles. The number of halogens is 1. The second-order valence-electron chi connectivity index (χ2n) is 3.92. The first-order chi connectivity index (χ1) is 8.79. The van der Waals surface area contributed by atoms with Gasteiger partial charge in [-0.15, -0.1) is 0 Å². The van der Waals surface area contributed by atoms with Crippen LogP contribution in [0.5, 0.6) is 5.88 Å². The SMILES string of the molecule is CNCc1cc(Br)cnc1OCc1ccccc1. The van der Waals surface area contributed by atoms with Gasteiger partial charge in [0.2, 0.25) is 5.88 Å². The van der Waals surface area contributed by atoms with Crippen LogP contribution in [-0.2, 0) is 13.2 Å². The Bertz CT molecular complexity index is 502. The molecular weight excluding hydrogens is 292 g/mol. The highest BCUT2D eigenvalue weighted by atomic mass is 79.9. The number of pyridine rings is 1. The lowest BCUT2D eigenvalue weighted by molar-refractivity contribution is 0.289. The summed E-state index contributed by atoms with van der Waals surface area (Å²) in [5.41, 5.74) is 2.18. The van der Waals surface area contributed by atoms with E-state index in [1.54, 1.807) is 6.20 Å². The van der Waals surface area contributed by atoms with Crippen molar-refractivity contribution >= 4 is 15.9 Å². The Morgan fingerprint density at radius 3 is 2.78 bits per heavy atom. The Kier molecular flexibility index (Phi) is 4.73. The third-order valence-corrected chi connectivity index (χ3v) is 2.91. The molecule has 0 fully saturated rings. The molecule has 0 aliphatic rings. The maximum absolute atomic E-state index is 5.76. The second kappa shape index (κ2) is 6.52. The number of nitrogens with one attached hydrogen (secondary N) is 1. The molecule has 1 aromatic heterocycles. The second-order valence-corrected chi connectivity index (χ2v) is 4.84. The predicted molar refractivity (Wildman–Crippen MR) is 75.5 cm³/mol. The van der Waals surface area contributed by atoms with Gasteiger partial charge in [0.1, 0.15) is 6.61 Å². The zero-order chi connectivity index (χ0) is 12.8. The number of rotatable bonds is 5. The Balaban J connectivity index is 2.09. The maximum Gasteiger partial charge on any atom is 0.218 e. The number of aromatic nitrogens is 1. The fourth-order valence-electron chi connectivity index (χ4n) is 1.64. The maximum atomic E-state index is 5.76. The Morgan fingerprint density at radius 2 is 2.06 bits per heavy atom. The van der Waals surface area contributed by atoms with Crippen molar-refractivity contribution in [1.29, 1.82) is 0 Å². The van der Waals surface area contributed by atoms with E-state index in [1.165, 1.54) is 0 Å². The average Bonchev–Trinajstić information content (AvgIpc) is 2.39. The molecule has 94 valence electrons. The summed E-state index contributed by atoms with van der Waals surface area (Å²) in [6.07, 6.45) is 1.75. The van der Waals surface area contributed by atoms with Gasteiger partial charge in [-0.25, -0.2) is 4.98 Å². The van der Waals surface area contributed by atoms with Gasteiger partial charge in [-0.1, -0.05) is 30.3 Å². The summed E-state index contributed by atoms with van der Waals surface area (Å²) in [5.74, 6) is 0.677. The van der Waals surface area contributed by atoms with Crippen LogP contribution in [0.4, 0.5) is 0 Å². The summed E-state index contributed by atoms with van der Waals surface area (Å²) in [5, 5.41) is 3.11. The normalized spacial score (nSPS) is 10.3. The minimum Gasteiger partial charge on any atom is -0.473 e. The molecule has 1 aromatic carbocycles. The molecule has 1 N–H and O–H groups in total. The Hall–Kier alpha value is -1.39. The lowest BCUT2D eigenvalue weighted by Gasteiger charge is -2.10. The molecule has 2 rings (SSSR count). The third-order valence-electron chi connectivity index (χ3n) is 2.48. The number of nitrogens with zero attached hydrogens (tertiary/aromatic N) is 1. The first-order valence-corrected chi connectivity index (χ1v) is 6.54. The molecule has 18 heavy (non-hydrogen) atoms. The van der Waals surface area contributed by atoms with Crippen molar-refractivity contribution in [2.75, 3.05) is 7.05 Å². The number of benzene rings is 1. The van der Waals surface area contributed by atoms with Crippen molar-refractivity contribution in [2.45, 2.75) is 13.2 Å². The van der Waals surface area contributed by atoms with Crippen LogP contribution in [0.1, 0.15) is 11.1 Å². The zero-order valence-electron chi connectivity index (χ0n) is 10.2. The molecule has 0 atom stereocenters. The Morgan fingerprint density at radius 1 is 1.28 bits per heavy atom. The fourth-order valence-corrected chi connectivity index (χ4v) is 2.02. The van der Waals surface area contributed by atoms with Crippen molar-refractivity contribution in [1.82, 2.24) is 10.3 Å². The van der Waals surface area contributed by atoms with Crippen molar-refractivity contribution in [3.8, 4) is 5.88 Å². The van der Waals surface area contributed by atoms with Gasteiger partial charge in [0.15, 0.2) is 0 Å². The van der Waals surface area contributed by atoms with Crippen LogP contribution in [0.15, 0.2) is 47.1 Å². The van der Waals surface area contributed by atoms with Crippen molar-refractivity contribution in [3.05, 3.63) is 58.2 Å². The number of hydrogen-bond acceptors (Lipinski definition) is 3. The molecule has 0 spiro atoms. The molecule has 0 unspecified atom stereocenters. The summed E-state index contributed by atoms with van der Waals surface area (Å²) in [4.78, 5) is 4.30. The van der Waals surface area contributed by atoms with Gasteiger partial charge in [-0.05, 0) is 34.6 Å². The molecule has 1 heterocycles. The molecule has 2 aromatic rings. The van der Waals surface area contributed by atoms with Gasteiger partial charge >= 0.3 is 0 Å². The zero-order valence-corrected chi connectivity index (χ0v) is 11.8. The van der Waals surface area contributed by atoms with E-state index in [0.717, 1.165) is 22.1 Å². The van der Waals surface area contributed by atoms with Gasteiger partial charge in [-0.3, -0.25) is 0 Å². The van der Waals surface area contributed by atoms with Gasteiger partial charge in [0, 0.05) is 22.8 Å². The van der Waals surface area contributed by atoms with E-state index in [2.05, 4.69) is 26.2 Å². The highest BCUT2D eigenvalue weighted by molar-refractivity contribution is 9.10. The van der Waals surface area contributed by atoms with Gasteiger partial charge < -0.3 is 10.1 Å². The van der Waals surface area contributed by atoms with Crippen LogP contribution in [0.25, 0.3) is 0 Å². The molecule has 0 radical (unpaired) electrons. The van der Waals surface area contributed by atoms with Crippen LogP contribution in [-0.4, -0.2) is 12.0 Å². The van der Waals surface area contributed by atoms with Crippen molar-refractivity contribution in [2.24, 2.45) is 0 Å². The summed E-state index contributed by atoms with van der Waals surface area (Å²) in [7, 11) is 1.90. The topological polar surface area (TPSA) is 34.2 Å². The minimum absolute atomic E-state index is 0.534. The van der Waals surface area contributed by atoms with E-state index >= 15 is 0 Å². The molecule has 3 nitrogen and oxygen atoms in total. The van der Waals surface area contributed by atoms with Crippen LogP contribution in [0.3, 0.4) is 0 Å². The summed E-state index contributed by atoms with van der Waals surface area (Å²) >= 11 is 3.42. The molecular formula is C14H15BrN2O. The smallest absolute Gasteiger partial charge is 0.218 e. The van der Waals surface area contributed by atoms with Crippen LogP contribution in [0, 0.1) is 0 Å². The average molecular weight is 307 g/mol. The van der Waals surface area contributed by atoms with Crippen LogP contribution in [0.2, 0.25) is 0 Å². The lowest BCUT2D eigenvalue weighted by atomic mass is 10.2. The molecule has 0 amide bonds. The number of ether oxygens (including phenoxy) is 1. The van der Waals surface area contributed by atoms with Gasteiger partial charge in [0.05, 0.1) is 0 Å². The Labute approximate surface area is 115 Å². The lowest BCUT2D eigenvalue weighted by Crippen LogP contribution is -2.08. The van der Waals surface area contributed by atoms with E-state index in [9.17, 15) is 0 Å². The van der Waals surface area contributed by atoms with Crippen molar-refractivity contribution < 1.29 is 4.74 Å². The van der Waals surface area contributed by atoms with Crippen molar-refractivity contribution in [3.63, 3.8) is 0 Å². The van der Waals surface area contributed by atoms with E-state index in [-0.39, 0.29) is 0 Å². The summed E-state index contributed by atoms with van der Waals surface area (Å²) < 4.78 is 6.72. The highest BCUT2D eigenvalue weighted by Crippen LogP contribution is 2.20. The van der Waals surface area contributed by atoms with E-state index < -0.39 is 0 Å². The van der Waals surface area contributed by atoms with E-state index in [4.69, 9.17) is 4.74 Å². The minimum atomic E-state index is 0.534. The first kappa shape index (κ1) is 13.1. The number of hydrogen-bond donors (Lipinski definition) is 1. The monoisotopic (exact) mass is 306 g/mol. The quantitative estimate of drug-likeness (QED) is 0.921. The summed E-state index contributed by atoms with van der Waals surface area (Å²) in [6, 6.07) is 12.1. The first-order valence-electron chi connectivity index (χ1n) is 5.75. The molecule has 0 aliphatic heterocycles. The largest absolute Gasteiger partial charge is 0.473 e. The highest BCUT2D eigenvalue weighted by Gasteiger charge is 2.06. The van der Waals surface area contributed by atoms with E-state index in [0.29, 0.717) is 12.5 Å². The third kappa shape index (κ3) is 3.55. The molecule has 4 heteroatoms.